The van der Waals surface area contributed by atoms with Crippen LogP contribution in [0.2, 0.25) is 0 Å². The van der Waals surface area contributed by atoms with Crippen molar-refractivity contribution in [2.45, 2.75) is 36.9 Å². The van der Waals surface area contributed by atoms with E-state index in [1.54, 1.807) is 11.8 Å². The minimum absolute atomic E-state index is 0.00587. The van der Waals surface area contributed by atoms with Crippen LogP contribution in [0, 0.1) is 11.7 Å². The molecule has 6 nitrogen and oxygen atoms in total. The Morgan fingerprint density at radius 1 is 1.37 bits per heavy atom. The molecule has 30 heavy (non-hydrogen) atoms. The lowest BCUT2D eigenvalue weighted by molar-refractivity contribution is 0.0155. The lowest BCUT2D eigenvalue weighted by atomic mass is 9.67. The number of aromatic nitrogens is 1. The minimum Gasteiger partial charge on any atom is -0.490 e. The zero-order chi connectivity index (χ0) is 20.9. The molecule has 3 aliphatic rings. The molecule has 2 aliphatic heterocycles. The molecule has 0 bridgehead atoms. The van der Waals surface area contributed by atoms with E-state index in [1.165, 1.54) is 18.3 Å². The molecule has 1 fully saturated rings. The van der Waals surface area contributed by atoms with E-state index in [-0.39, 0.29) is 23.8 Å². The first-order valence-electron chi connectivity index (χ1n) is 9.82. The number of carbonyl (C=O) groups excluding carboxylic acids is 1. The highest BCUT2D eigenvalue weighted by Gasteiger charge is 2.54. The highest BCUT2D eigenvalue weighted by Crippen LogP contribution is 2.54. The molecular formula is C21H20BrFN4O2S. The maximum atomic E-state index is 14.0. The molecule has 4 atom stereocenters. The number of thioether (sulfide) groups is 1. The van der Waals surface area contributed by atoms with Crippen LogP contribution in [0.1, 0.15) is 35.3 Å². The first kappa shape index (κ1) is 19.8. The molecule has 1 aliphatic carbocycles. The van der Waals surface area contributed by atoms with Crippen molar-refractivity contribution in [2.24, 2.45) is 16.6 Å². The maximum Gasteiger partial charge on any atom is 0.273 e. The van der Waals surface area contributed by atoms with E-state index < -0.39 is 17.3 Å². The van der Waals surface area contributed by atoms with Gasteiger partial charge in [-0.3, -0.25) is 4.79 Å². The third kappa shape index (κ3) is 3.28. The Labute approximate surface area is 186 Å². The molecule has 1 spiro atoms. The zero-order valence-electron chi connectivity index (χ0n) is 16.0. The van der Waals surface area contributed by atoms with E-state index in [2.05, 4.69) is 32.3 Å². The molecule has 1 aromatic carbocycles. The van der Waals surface area contributed by atoms with E-state index in [0.717, 1.165) is 34.4 Å². The Kier molecular flexibility index (Phi) is 4.97. The summed E-state index contributed by atoms with van der Waals surface area (Å²) < 4.78 is 21.3. The Balaban J connectivity index is 1.45. The van der Waals surface area contributed by atoms with Crippen molar-refractivity contribution in [3.05, 3.63) is 58.1 Å². The van der Waals surface area contributed by atoms with Crippen LogP contribution in [0.4, 0.5) is 4.39 Å². The van der Waals surface area contributed by atoms with E-state index >= 15 is 0 Å². The predicted octanol–water partition coefficient (Wildman–Crippen LogP) is 3.60. The second kappa shape index (κ2) is 7.53. The normalized spacial score (nSPS) is 29.5. The lowest BCUT2D eigenvalue weighted by Crippen LogP contribution is -2.54. The number of nitrogens with two attached hydrogens (primary N) is 1. The number of nitrogens with one attached hydrogen (secondary N) is 1. The molecule has 2 aromatic rings. The number of halogens is 2. The number of hydrogen-bond donors (Lipinski definition) is 2. The van der Waals surface area contributed by atoms with Gasteiger partial charge in [-0.2, -0.15) is 0 Å². The fourth-order valence-corrected chi connectivity index (χ4v) is 6.19. The summed E-state index contributed by atoms with van der Waals surface area (Å²) in [6.45, 7) is 0. The molecule has 9 heteroatoms. The van der Waals surface area contributed by atoms with Gasteiger partial charge in [0.25, 0.3) is 5.91 Å². The second-order valence-electron chi connectivity index (χ2n) is 7.88. The van der Waals surface area contributed by atoms with Crippen LogP contribution in [-0.4, -0.2) is 34.0 Å². The minimum atomic E-state index is -0.621. The number of benzene rings is 1. The lowest BCUT2D eigenvalue weighted by Gasteiger charge is -2.48. The number of nitrogens with zero attached hydrogens (tertiary/aromatic N) is 2. The van der Waals surface area contributed by atoms with Gasteiger partial charge in [0.2, 0.25) is 0 Å². The highest BCUT2D eigenvalue weighted by atomic mass is 79.9. The van der Waals surface area contributed by atoms with Crippen molar-refractivity contribution >= 4 is 38.8 Å². The van der Waals surface area contributed by atoms with Crippen molar-refractivity contribution in [3.63, 3.8) is 0 Å². The summed E-state index contributed by atoms with van der Waals surface area (Å²) in [7, 11) is 0. The summed E-state index contributed by atoms with van der Waals surface area (Å²) in [5.41, 5.74) is 6.46. The Morgan fingerprint density at radius 2 is 2.23 bits per heavy atom. The van der Waals surface area contributed by atoms with Gasteiger partial charge < -0.3 is 15.8 Å². The van der Waals surface area contributed by atoms with E-state index in [9.17, 15) is 9.18 Å². The fourth-order valence-electron chi connectivity index (χ4n) is 4.80. The monoisotopic (exact) mass is 490 g/mol. The van der Waals surface area contributed by atoms with Crippen LogP contribution in [0.25, 0.3) is 0 Å². The van der Waals surface area contributed by atoms with Crippen molar-refractivity contribution in [3.8, 4) is 5.75 Å². The maximum absolute atomic E-state index is 14.0. The number of amidine groups is 1. The fraction of sp³-hybridized carbons (Fsp3) is 0.381. The summed E-state index contributed by atoms with van der Waals surface area (Å²) in [5.74, 6) is 0.526. The summed E-state index contributed by atoms with van der Waals surface area (Å²) in [4.78, 5) is 21.4. The van der Waals surface area contributed by atoms with Crippen LogP contribution in [0.15, 0.2) is 46.0 Å². The van der Waals surface area contributed by atoms with E-state index in [4.69, 9.17) is 15.5 Å². The topological polar surface area (TPSA) is 89.6 Å². The number of fused-ring (bicyclic) bond motifs is 4. The van der Waals surface area contributed by atoms with Gasteiger partial charge in [0.05, 0.1) is 0 Å². The van der Waals surface area contributed by atoms with Crippen LogP contribution in [0.3, 0.4) is 0 Å². The third-order valence-corrected chi connectivity index (χ3v) is 7.61. The molecular weight excluding hydrogens is 471 g/mol. The number of aliphatic imine (C=N–C) groups is 1. The van der Waals surface area contributed by atoms with Gasteiger partial charge in [0, 0.05) is 33.9 Å². The van der Waals surface area contributed by atoms with E-state index in [0.29, 0.717) is 11.6 Å². The molecule has 5 rings (SSSR count). The highest BCUT2D eigenvalue weighted by molar-refractivity contribution is 9.10. The SMILES string of the molecule is NC1=NC2(CS1)c1cc(Br)ccc1O[C@H]1CC[C@@H](NC(=O)c3ncccc3F)C[C@@H]12. The van der Waals surface area contributed by atoms with Gasteiger partial charge in [-0.1, -0.05) is 27.7 Å². The molecule has 1 amide bonds. The number of carbonyl (C=O) groups is 1. The number of pyridine rings is 1. The molecule has 0 saturated heterocycles. The summed E-state index contributed by atoms with van der Waals surface area (Å²) in [5, 5.41) is 3.54. The van der Waals surface area contributed by atoms with Gasteiger partial charge in [-0.25, -0.2) is 14.4 Å². The number of rotatable bonds is 2. The van der Waals surface area contributed by atoms with Crippen molar-refractivity contribution in [2.75, 3.05) is 5.75 Å². The van der Waals surface area contributed by atoms with Gasteiger partial charge in [0.1, 0.15) is 17.4 Å². The Bertz CT molecular complexity index is 1050. The average Bonchev–Trinajstić information content (AvgIpc) is 3.12. The van der Waals surface area contributed by atoms with Gasteiger partial charge in [0.15, 0.2) is 16.7 Å². The quantitative estimate of drug-likeness (QED) is 0.670. The van der Waals surface area contributed by atoms with E-state index in [1.807, 2.05) is 12.1 Å². The first-order valence-corrected chi connectivity index (χ1v) is 11.6. The largest absolute Gasteiger partial charge is 0.490 e. The van der Waals surface area contributed by atoms with Crippen LogP contribution in [-0.2, 0) is 5.54 Å². The van der Waals surface area contributed by atoms with Crippen molar-refractivity contribution in [1.29, 1.82) is 0 Å². The average molecular weight is 491 g/mol. The van der Waals surface area contributed by atoms with Crippen molar-refractivity contribution < 1.29 is 13.9 Å². The molecule has 1 saturated carbocycles. The Morgan fingerprint density at radius 3 is 3.00 bits per heavy atom. The zero-order valence-corrected chi connectivity index (χ0v) is 18.4. The van der Waals surface area contributed by atoms with Crippen LogP contribution < -0.4 is 15.8 Å². The smallest absolute Gasteiger partial charge is 0.273 e. The van der Waals surface area contributed by atoms with Gasteiger partial charge in [-0.05, 0) is 49.6 Å². The molecule has 0 radical (unpaired) electrons. The van der Waals surface area contributed by atoms with Gasteiger partial charge in [-0.15, -0.1) is 0 Å². The number of hydrogen-bond acceptors (Lipinski definition) is 6. The molecule has 156 valence electrons. The summed E-state index contributed by atoms with van der Waals surface area (Å²) in [6.07, 6.45) is 3.61. The predicted molar refractivity (Wildman–Crippen MR) is 117 cm³/mol. The Hall–Kier alpha value is -2.13. The number of ether oxygens (including phenoxy) is 1. The second-order valence-corrected chi connectivity index (χ2v) is 9.79. The standard InChI is InChI=1S/C21H20BrFN4O2S/c22-11-3-5-16-13(8-11)21(10-30-20(24)27-21)14-9-12(4-6-17(14)29-16)26-19(28)18-15(23)2-1-7-25-18/h1-3,5,7-8,12,14,17H,4,6,9-10H2,(H2,24,27)(H,26,28)/t12-,14+,17+,21?/m1/s1. The van der Waals surface area contributed by atoms with Crippen molar-refractivity contribution in [1.82, 2.24) is 10.3 Å². The molecule has 1 unspecified atom stereocenters. The summed E-state index contributed by atoms with van der Waals surface area (Å²) in [6, 6.07) is 8.59. The first-order chi connectivity index (χ1) is 14.5. The summed E-state index contributed by atoms with van der Waals surface area (Å²) >= 11 is 5.11. The number of amides is 1. The van der Waals surface area contributed by atoms with Crippen LogP contribution in [0.5, 0.6) is 5.75 Å². The molecule has 3 N–H and O–H groups in total. The third-order valence-electron chi connectivity index (χ3n) is 6.15. The molecule has 3 heterocycles. The van der Waals surface area contributed by atoms with Crippen LogP contribution >= 0.6 is 27.7 Å². The van der Waals surface area contributed by atoms with Gasteiger partial charge >= 0.3 is 0 Å². The molecule has 1 aromatic heterocycles.